The number of nitrogens with one attached hydrogen (secondary N) is 5. The van der Waals surface area contributed by atoms with Crippen LogP contribution in [-0.4, -0.2) is 102 Å². The van der Waals surface area contributed by atoms with E-state index in [0.29, 0.717) is 30.8 Å². The second-order valence-corrected chi connectivity index (χ2v) is 13.5. The van der Waals surface area contributed by atoms with E-state index in [1.165, 1.54) is 23.6 Å². The van der Waals surface area contributed by atoms with Crippen LogP contribution in [0.15, 0.2) is 30.3 Å². The SMILES string of the molecule is CSCC[C@@H]1NC(=O)C[C@@H](c2ccccc2)NC(=O)[C@H](C)NC(=O)[C@@H]2C[C@H](NC(=O)[C@@H]3CCCO3)CN2C(=O)[C@H](C(C)C)NC1=O. The van der Waals surface area contributed by atoms with Crippen LogP contribution in [0.25, 0.3) is 0 Å². The maximum absolute atomic E-state index is 14.1. The van der Waals surface area contributed by atoms with Crippen molar-refractivity contribution < 1.29 is 33.5 Å². The lowest BCUT2D eigenvalue weighted by atomic mass is 10.0. The summed E-state index contributed by atoms with van der Waals surface area (Å²) in [5, 5.41) is 14.2. The van der Waals surface area contributed by atoms with Gasteiger partial charge >= 0.3 is 0 Å². The molecule has 252 valence electrons. The molecule has 1 aromatic rings. The summed E-state index contributed by atoms with van der Waals surface area (Å²) in [7, 11) is 0. The summed E-state index contributed by atoms with van der Waals surface area (Å²) in [6.45, 7) is 5.64. The predicted octanol–water partition coefficient (Wildman–Crippen LogP) is 0.396. The molecule has 13 nitrogen and oxygen atoms in total. The predicted molar refractivity (Wildman–Crippen MR) is 172 cm³/mol. The molecule has 46 heavy (non-hydrogen) atoms. The molecule has 3 aliphatic rings. The molecule has 6 amide bonds. The van der Waals surface area contributed by atoms with Gasteiger partial charge in [-0.1, -0.05) is 44.2 Å². The van der Waals surface area contributed by atoms with Crippen LogP contribution in [0.5, 0.6) is 0 Å². The van der Waals surface area contributed by atoms with Crippen molar-refractivity contribution in [2.75, 3.05) is 25.2 Å². The van der Waals surface area contributed by atoms with Gasteiger partial charge in [-0.05, 0) is 56.1 Å². The molecule has 3 aliphatic heterocycles. The normalized spacial score (nSPS) is 29.9. The van der Waals surface area contributed by atoms with E-state index >= 15 is 0 Å². The van der Waals surface area contributed by atoms with Gasteiger partial charge < -0.3 is 36.2 Å². The molecule has 0 saturated carbocycles. The number of nitrogens with zero attached hydrogens (tertiary/aromatic N) is 1. The molecule has 3 fully saturated rings. The highest BCUT2D eigenvalue weighted by molar-refractivity contribution is 7.98. The molecule has 0 aromatic heterocycles. The van der Waals surface area contributed by atoms with Gasteiger partial charge in [0.05, 0.1) is 12.5 Å². The van der Waals surface area contributed by atoms with Crippen molar-refractivity contribution >= 4 is 47.2 Å². The zero-order valence-corrected chi connectivity index (χ0v) is 27.7. The monoisotopic (exact) mass is 658 g/mol. The Morgan fingerprint density at radius 3 is 2.41 bits per heavy atom. The van der Waals surface area contributed by atoms with Gasteiger partial charge in [-0.15, -0.1) is 0 Å². The van der Waals surface area contributed by atoms with Crippen molar-refractivity contribution in [2.24, 2.45) is 5.92 Å². The first kappa shape index (κ1) is 35.2. The third-order valence-electron chi connectivity index (χ3n) is 8.61. The van der Waals surface area contributed by atoms with Crippen LogP contribution in [0.3, 0.4) is 0 Å². The number of fused-ring (bicyclic) bond motifs is 1. The molecule has 0 spiro atoms. The van der Waals surface area contributed by atoms with Crippen LogP contribution in [0.1, 0.15) is 64.5 Å². The molecular weight excluding hydrogens is 612 g/mol. The molecule has 0 aliphatic carbocycles. The Bertz CT molecular complexity index is 1270. The van der Waals surface area contributed by atoms with Crippen LogP contribution in [0, 0.1) is 5.92 Å². The number of benzene rings is 1. The van der Waals surface area contributed by atoms with Crippen LogP contribution < -0.4 is 26.6 Å². The van der Waals surface area contributed by atoms with Gasteiger partial charge in [0.15, 0.2) is 0 Å². The first-order valence-electron chi connectivity index (χ1n) is 15.9. The fourth-order valence-electron chi connectivity index (χ4n) is 6.01. The van der Waals surface area contributed by atoms with E-state index in [2.05, 4.69) is 26.6 Å². The van der Waals surface area contributed by atoms with Crippen molar-refractivity contribution in [3.05, 3.63) is 35.9 Å². The van der Waals surface area contributed by atoms with Crippen molar-refractivity contribution in [1.29, 1.82) is 0 Å². The minimum absolute atomic E-state index is 0.0395. The molecule has 0 unspecified atom stereocenters. The van der Waals surface area contributed by atoms with Gasteiger partial charge in [-0.3, -0.25) is 28.8 Å². The van der Waals surface area contributed by atoms with E-state index in [1.807, 2.05) is 12.3 Å². The van der Waals surface area contributed by atoms with E-state index in [0.717, 1.165) is 6.42 Å². The third kappa shape index (κ3) is 8.99. The third-order valence-corrected chi connectivity index (χ3v) is 9.25. The number of rotatable bonds is 7. The molecule has 4 rings (SSSR count). The number of thioether (sulfide) groups is 1. The van der Waals surface area contributed by atoms with E-state index in [4.69, 9.17) is 4.74 Å². The van der Waals surface area contributed by atoms with Crippen molar-refractivity contribution in [3.8, 4) is 0 Å². The average molecular weight is 659 g/mol. The fourth-order valence-corrected chi connectivity index (χ4v) is 6.48. The molecular formula is C32H46N6O7S. The largest absolute Gasteiger partial charge is 0.368 e. The maximum atomic E-state index is 14.1. The molecule has 7 atom stereocenters. The van der Waals surface area contributed by atoms with Crippen molar-refractivity contribution in [3.63, 3.8) is 0 Å². The molecule has 3 heterocycles. The lowest BCUT2D eigenvalue weighted by Gasteiger charge is -2.32. The quantitative estimate of drug-likeness (QED) is 0.280. The lowest BCUT2D eigenvalue weighted by Crippen LogP contribution is -2.59. The second-order valence-electron chi connectivity index (χ2n) is 12.5. The smallest absolute Gasteiger partial charge is 0.249 e. The van der Waals surface area contributed by atoms with E-state index < -0.39 is 71.9 Å². The van der Waals surface area contributed by atoms with Crippen molar-refractivity contribution in [2.45, 2.75) is 95.2 Å². The number of hydrogen-bond donors (Lipinski definition) is 5. The number of carbonyl (C=O) groups excluding carboxylic acids is 6. The summed E-state index contributed by atoms with van der Waals surface area (Å²) in [6, 6.07) is 3.80. The number of ether oxygens (including phenoxy) is 1. The zero-order chi connectivity index (χ0) is 33.4. The van der Waals surface area contributed by atoms with Crippen LogP contribution in [-0.2, 0) is 33.5 Å². The van der Waals surface area contributed by atoms with Gasteiger partial charge in [-0.25, -0.2) is 0 Å². The Kier molecular flexibility index (Phi) is 12.4. The minimum Gasteiger partial charge on any atom is -0.368 e. The Balaban J connectivity index is 1.65. The number of carbonyl (C=O) groups is 6. The Hall–Kier alpha value is -3.65. The fraction of sp³-hybridized carbons (Fsp3) is 0.625. The Labute approximate surface area is 274 Å². The van der Waals surface area contributed by atoms with Crippen LogP contribution >= 0.6 is 11.8 Å². The first-order chi connectivity index (χ1) is 22.0. The van der Waals surface area contributed by atoms with Gasteiger partial charge in [0.25, 0.3) is 0 Å². The second kappa shape index (κ2) is 16.3. The standard InChI is InChI=1S/C32H46N6O7S/c1-18(2)27-32(44)38-17-21(34-31(43)25-11-8-13-45-25)15-24(38)30(42)33-19(3)28(40)36-23(20-9-6-5-7-10-20)16-26(39)35-22(12-14-46-4)29(41)37-27/h5-7,9-10,18-19,21-25,27H,8,11-17H2,1-4H3,(H,33,42)(H,34,43)(H,35,39)(H,36,40)(H,37,41)/t19-,21-,22-,23-,24-,25-,27-/m0/s1. The van der Waals surface area contributed by atoms with Gasteiger partial charge in [0.2, 0.25) is 35.4 Å². The highest BCUT2D eigenvalue weighted by atomic mass is 32.2. The molecule has 14 heteroatoms. The van der Waals surface area contributed by atoms with E-state index in [9.17, 15) is 28.8 Å². The zero-order valence-electron chi connectivity index (χ0n) is 26.9. The summed E-state index contributed by atoms with van der Waals surface area (Å²) in [4.78, 5) is 82.4. The number of amides is 6. The minimum atomic E-state index is -1.00. The molecule has 0 bridgehead atoms. The summed E-state index contributed by atoms with van der Waals surface area (Å²) < 4.78 is 5.51. The van der Waals surface area contributed by atoms with Gasteiger partial charge in [0, 0.05) is 19.2 Å². The van der Waals surface area contributed by atoms with Gasteiger partial charge in [0.1, 0.15) is 30.3 Å². The summed E-state index contributed by atoms with van der Waals surface area (Å²) in [5.41, 5.74) is 0.688. The topological polar surface area (TPSA) is 175 Å². The summed E-state index contributed by atoms with van der Waals surface area (Å²) in [5.74, 6) is -2.60. The lowest BCUT2D eigenvalue weighted by molar-refractivity contribution is -0.143. The highest BCUT2D eigenvalue weighted by Gasteiger charge is 2.44. The molecule has 3 saturated heterocycles. The van der Waals surface area contributed by atoms with Crippen LogP contribution in [0.4, 0.5) is 0 Å². The Morgan fingerprint density at radius 2 is 1.76 bits per heavy atom. The first-order valence-corrected chi connectivity index (χ1v) is 17.3. The molecule has 1 aromatic carbocycles. The van der Waals surface area contributed by atoms with Crippen LogP contribution in [0.2, 0.25) is 0 Å². The van der Waals surface area contributed by atoms with Crippen molar-refractivity contribution in [1.82, 2.24) is 31.5 Å². The Morgan fingerprint density at radius 1 is 1.02 bits per heavy atom. The maximum Gasteiger partial charge on any atom is 0.249 e. The highest BCUT2D eigenvalue weighted by Crippen LogP contribution is 2.24. The molecule has 0 radical (unpaired) electrons. The summed E-state index contributed by atoms with van der Waals surface area (Å²) >= 11 is 1.52. The number of hydrogen-bond acceptors (Lipinski definition) is 8. The van der Waals surface area contributed by atoms with E-state index in [-0.39, 0.29) is 31.2 Å². The van der Waals surface area contributed by atoms with Gasteiger partial charge in [-0.2, -0.15) is 11.8 Å². The summed E-state index contributed by atoms with van der Waals surface area (Å²) in [6.07, 6.45) is 2.99. The average Bonchev–Trinajstić information content (AvgIpc) is 3.72. The van der Waals surface area contributed by atoms with E-state index in [1.54, 1.807) is 38.1 Å². The molecule has 5 N–H and O–H groups in total.